The van der Waals surface area contributed by atoms with Crippen LogP contribution in [0.3, 0.4) is 0 Å². The molecule has 2 aromatic rings. The third-order valence-electron chi connectivity index (χ3n) is 8.17. The van der Waals surface area contributed by atoms with Crippen LogP contribution in [0.1, 0.15) is 75.8 Å². The van der Waals surface area contributed by atoms with E-state index in [1.807, 2.05) is 59.5 Å². The van der Waals surface area contributed by atoms with E-state index in [-0.39, 0.29) is 43.9 Å². The summed E-state index contributed by atoms with van der Waals surface area (Å²) in [7, 11) is 1.61. The van der Waals surface area contributed by atoms with Crippen LogP contribution in [-0.4, -0.2) is 68.5 Å². The van der Waals surface area contributed by atoms with Crippen molar-refractivity contribution in [1.29, 1.82) is 0 Å². The van der Waals surface area contributed by atoms with Gasteiger partial charge in [0, 0.05) is 38.4 Å². The summed E-state index contributed by atoms with van der Waals surface area (Å²) in [6, 6.07) is 17.6. The number of carbonyl (C=O) groups excluding carboxylic acids is 3. The molecule has 1 heterocycles. The normalized spacial score (nSPS) is 16.0. The number of rotatable bonds is 18. The molecule has 2 aromatic carbocycles. The van der Waals surface area contributed by atoms with E-state index in [1.54, 1.807) is 14.0 Å². The maximum atomic E-state index is 13.8. The lowest BCUT2D eigenvalue weighted by Crippen LogP contribution is -2.66. The SMILES string of the molecule is CCOC(=O)CCCNC(N)(C(=O)OCNCc1cccc(OC)c1)C(CC(=O)N1CCCCC1)C[C@@H](C)c1ccccc1. The van der Waals surface area contributed by atoms with Crippen molar-refractivity contribution in [2.24, 2.45) is 11.7 Å². The largest absolute Gasteiger partial charge is 0.497 e. The highest BCUT2D eigenvalue weighted by atomic mass is 16.5. The van der Waals surface area contributed by atoms with Crippen LogP contribution >= 0.6 is 0 Å². The summed E-state index contributed by atoms with van der Waals surface area (Å²) in [4.78, 5) is 41.2. The molecule has 3 rings (SSSR count). The number of nitrogens with zero attached hydrogens (tertiary/aromatic N) is 1. The Labute approximate surface area is 262 Å². The lowest BCUT2D eigenvalue weighted by atomic mass is 9.80. The first-order chi connectivity index (χ1) is 21.3. The average molecular weight is 611 g/mol. The topological polar surface area (TPSA) is 132 Å². The van der Waals surface area contributed by atoms with Crippen molar-refractivity contribution in [3.63, 3.8) is 0 Å². The van der Waals surface area contributed by atoms with Gasteiger partial charge in [-0.25, -0.2) is 4.79 Å². The Bertz CT molecular complexity index is 1170. The minimum absolute atomic E-state index is 0.0120. The molecule has 1 aliphatic rings. The standard InChI is InChI=1S/C34H50N4O6/c1-4-43-32(40)17-12-18-37-34(35,33(41)44-25-36-24-27-13-11-16-30(22-27)42-3)29(21-26(2)28-14-7-5-8-15-28)23-31(39)38-19-9-6-10-20-38/h5,7-8,11,13-16,22,26,29,36-37H,4,6,9-10,12,17-21,23-25,35H2,1-3H3/t26-,29?,34?/m1/s1. The van der Waals surface area contributed by atoms with Crippen molar-refractivity contribution in [2.45, 2.75) is 76.9 Å². The molecule has 0 spiro atoms. The zero-order chi connectivity index (χ0) is 31.8. The highest BCUT2D eigenvalue weighted by molar-refractivity contribution is 5.83. The first-order valence-electron chi connectivity index (χ1n) is 15.8. The number of piperidine rings is 1. The van der Waals surface area contributed by atoms with Crippen LogP contribution in [-0.2, 0) is 30.4 Å². The van der Waals surface area contributed by atoms with Gasteiger partial charge in [-0.3, -0.25) is 20.2 Å². The summed E-state index contributed by atoms with van der Waals surface area (Å²) in [5, 5.41) is 6.34. The van der Waals surface area contributed by atoms with Crippen LogP contribution in [0.4, 0.5) is 0 Å². The van der Waals surface area contributed by atoms with E-state index in [0.717, 1.165) is 36.1 Å². The molecule has 10 heteroatoms. The molecule has 1 fully saturated rings. The Kier molecular flexibility index (Phi) is 14.6. The zero-order valence-electron chi connectivity index (χ0n) is 26.5. The van der Waals surface area contributed by atoms with Crippen LogP contribution in [0.2, 0.25) is 0 Å². The second kappa shape index (κ2) is 18.4. The predicted octanol–water partition coefficient (Wildman–Crippen LogP) is 4.09. The van der Waals surface area contributed by atoms with Crippen LogP contribution in [0.15, 0.2) is 54.6 Å². The number of nitrogens with one attached hydrogen (secondary N) is 2. The third-order valence-corrected chi connectivity index (χ3v) is 8.17. The predicted molar refractivity (Wildman–Crippen MR) is 170 cm³/mol. The molecule has 0 aromatic heterocycles. The third kappa shape index (κ3) is 10.9. The summed E-state index contributed by atoms with van der Waals surface area (Å²) in [5.41, 5.74) is 7.38. The highest BCUT2D eigenvalue weighted by Crippen LogP contribution is 2.32. The summed E-state index contributed by atoms with van der Waals surface area (Å²) >= 11 is 0. The van der Waals surface area contributed by atoms with E-state index >= 15 is 0 Å². The van der Waals surface area contributed by atoms with Crippen LogP contribution in [0.25, 0.3) is 0 Å². The van der Waals surface area contributed by atoms with Crippen molar-refractivity contribution < 1.29 is 28.6 Å². The molecule has 0 bridgehead atoms. The quantitative estimate of drug-likeness (QED) is 0.130. The van der Waals surface area contributed by atoms with E-state index in [2.05, 4.69) is 17.6 Å². The van der Waals surface area contributed by atoms with Gasteiger partial charge in [-0.1, -0.05) is 49.4 Å². The lowest BCUT2D eigenvalue weighted by Gasteiger charge is -2.38. The second-order valence-corrected chi connectivity index (χ2v) is 11.4. The summed E-state index contributed by atoms with van der Waals surface area (Å²) in [6.07, 6.45) is 4.24. The fraction of sp³-hybridized carbons (Fsp3) is 0.559. The van der Waals surface area contributed by atoms with Crippen LogP contribution in [0.5, 0.6) is 5.75 Å². The van der Waals surface area contributed by atoms with Gasteiger partial charge >= 0.3 is 11.9 Å². The molecule has 242 valence electrons. The molecule has 44 heavy (non-hydrogen) atoms. The van der Waals surface area contributed by atoms with Gasteiger partial charge < -0.3 is 24.8 Å². The first-order valence-corrected chi connectivity index (χ1v) is 15.8. The van der Waals surface area contributed by atoms with E-state index < -0.39 is 17.6 Å². The smallest absolute Gasteiger partial charge is 0.342 e. The number of esters is 2. The molecular formula is C34H50N4O6. The number of methoxy groups -OCH3 is 1. The van der Waals surface area contributed by atoms with Gasteiger partial charge in [0.1, 0.15) is 12.5 Å². The Morgan fingerprint density at radius 1 is 1.02 bits per heavy atom. The molecule has 4 N–H and O–H groups in total. The average Bonchev–Trinajstić information content (AvgIpc) is 3.05. The molecule has 10 nitrogen and oxygen atoms in total. The Balaban J connectivity index is 1.78. The number of hydrogen-bond donors (Lipinski definition) is 3. The van der Waals surface area contributed by atoms with Crippen molar-refractivity contribution in [1.82, 2.24) is 15.5 Å². The van der Waals surface area contributed by atoms with Crippen molar-refractivity contribution >= 4 is 17.8 Å². The fourth-order valence-electron chi connectivity index (χ4n) is 5.62. The number of ether oxygens (including phenoxy) is 3. The monoisotopic (exact) mass is 610 g/mol. The first kappa shape index (κ1) is 35.0. The fourth-order valence-corrected chi connectivity index (χ4v) is 5.62. The van der Waals surface area contributed by atoms with E-state index in [4.69, 9.17) is 19.9 Å². The highest BCUT2D eigenvalue weighted by Gasteiger charge is 2.45. The maximum Gasteiger partial charge on any atom is 0.342 e. The zero-order valence-corrected chi connectivity index (χ0v) is 26.5. The number of amides is 1. The van der Waals surface area contributed by atoms with Crippen molar-refractivity contribution in [3.05, 3.63) is 65.7 Å². The Morgan fingerprint density at radius 3 is 2.48 bits per heavy atom. The molecule has 0 aliphatic carbocycles. The molecule has 1 aliphatic heterocycles. The van der Waals surface area contributed by atoms with Crippen molar-refractivity contribution in [2.75, 3.05) is 40.1 Å². The molecular weight excluding hydrogens is 560 g/mol. The van der Waals surface area contributed by atoms with Gasteiger partial charge in [0.15, 0.2) is 5.66 Å². The molecule has 3 atom stereocenters. The van der Waals surface area contributed by atoms with Crippen molar-refractivity contribution in [3.8, 4) is 5.75 Å². The van der Waals surface area contributed by atoms with Gasteiger partial charge in [-0.05, 0) is 74.8 Å². The maximum absolute atomic E-state index is 13.8. The minimum atomic E-state index is -1.67. The molecule has 0 radical (unpaired) electrons. The minimum Gasteiger partial charge on any atom is -0.497 e. The van der Waals surface area contributed by atoms with E-state index in [9.17, 15) is 14.4 Å². The Morgan fingerprint density at radius 2 is 1.77 bits per heavy atom. The van der Waals surface area contributed by atoms with Gasteiger partial charge in [-0.2, -0.15) is 0 Å². The summed E-state index contributed by atoms with van der Waals surface area (Å²) < 4.78 is 16.0. The number of nitrogens with two attached hydrogens (primary N) is 1. The van der Waals surface area contributed by atoms with E-state index in [0.29, 0.717) is 39.1 Å². The molecule has 0 saturated carbocycles. The number of likely N-dealkylation sites (tertiary alicyclic amines) is 1. The van der Waals surface area contributed by atoms with Gasteiger partial charge in [0.05, 0.1) is 13.7 Å². The Hall–Kier alpha value is -3.47. The van der Waals surface area contributed by atoms with Gasteiger partial charge in [0.2, 0.25) is 5.91 Å². The molecule has 1 saturated heterocycles. The van der Waals surface area contributed by atoms with Crippen LogP contribution in [0, 0.1) is 5.92 Å². The molecule has 1 amide bonds. The number of hydrogen-bond acceptors (Lipinski definition) is 9. The number of carbonyl (C=O) groups is 3. The van der Waals surface area contributed by atoms with Gasteiger partial charge in [0.25, 0.3) is 0 Å². The second-order valence-electron chi connectivity index (χ2n) is 11.4. The van der Waals surface area contributed by atoms with Gasteiger partial charge in [-0.15, -0.1) is 0 Å². The number of benzene rings is 2. The summed E-state index contributed by atoms with van der Waals surface area (Å²) in [5.74, 6) is -0.774. The van der Waals surface area contributed by atoms with Crippen LogP contribution < -0.4 is 21.1 Å². The lowest BCUT2D eigenvalue weighted by molar-refractivity contribution is -0.156. The summed E-state index contributed by atoms with van der Waals surface area (Å²) in [6.45, 7) is 6.23. The van der Waals surface area contributed by atoms with E-state index in [1.165, 1.54) is 0 Å². The molecule has 2 unspecified atom stereocenters.